The van der Waals surface area contributed by atoms with Crippen LogP contribution in [0.5, 0.6) is 0 Å². The summed E-state index contributed by atoms with van der Waals surface area (Å²) in [5.41, 5.74) is 3.34. The second-order valence-corrected chi connectivity index (χ2v) is 5.20. The van der Waals surface area contributed by atoms with Crippen LogP contribution in [0.3, 0.4) is 0 Å². The normalized spacial score (nSPS) is 16.9. The van der Waals surface area contributed by atoms with Crippen molar-refractivity contribution >= 4 is 18.7 Å². The van der Waals surface area contributed by atoms with Gasteiger partial charge in [0.2, 0.25) is 0 Å². The van der Waals surface area contributed by atoms with Crippen molar-refractivity contribution in [3.63, 3.8) is 0 Å². The molecule has 1 fully saturated rings. The van der Waals surface area contributed by atoms with Crippen molar-refractivity contribution in [1.29, 1.82) is 0 Å². The van der Waals surface area contributed by atoms with Crippen LogP contribution in [0.15, 0.2) is 60.7 Å². The average Bonchev–Trinajstić information content (AvgIpc) is 2.55. The van der Waals surface area contributed by atoms with Gasteiger partial charge in [0.15, 0.2) is 0 Å². The van der Waals surface area contributed by atoms with Gasteiger partial charge in [-0.25, -0.2) is 0 Å². The Hall–Kier alpha value is -1.88. The molecular formula is C18H20BNO2. The zero-order valence-corrected chi connectivity index (χ0v) is 12.6. The van der Waals surface area contributed by atoms with Crippen LogP contribution in [0, 0.1) is 0 Å². The smallest absolute Gasteiger partial charge is 0.406 e. The molecule has 0 amide bonds. The van der Waals surface area contributed by atoms with Gasteiger partial charge < -0.3 is 14.6 Å². The van der Waals surface area contributed by atoms with Gasteiger partial charge in [-0.05, 0) is 16.6 Å². The Morgan fingerprint density at radius 2 is 1.45 bits per heavy atom. The zero-order valence-electron chi connectivity index (χ0n) is 12.6. The Balaban J connectivity index is 1.93. The molecule has 1 aliphatic heterocycles. The van der Waals surface area contributed by atoms with Crippen LogP contribution in [0.4, 0.5) is 0 Å². The first-order chi connectivity index (χ1) is 10.9. The van der Waals surface area contributed by atoms with Crippen LogP contribution in [0.2, 0.25) is 0 Å². The summed E-state index contributed by atoms with van der Waals surface area (Å²) in [6.45, 7) is 2.99. The molecule has 4 heteroatoms. The summed E-state index contributed by atoms with van der Waals surface area (Å²) in [4.78, 5) is 0. The van der Waals surface area contributed by atoms with Gasteiger partial charge in [-0.1, -0.05) is 66.7 Å². The van der Waals surface area contributed by atoms with Crippen molar-refractivity contribution in [2.45, 2.75) is 0 Å². The molecule has 0 aliphatic carbocycles. The van der Waals surface area contributed by atoms with E-state index in [1.807, 2.05) is 36.4 Å². The van der Waals surface area contributed by atoms with E-state index in [2.05, 4.69) is 35.7 Å². The van der Waals surface area contributed by atoms with E-state index < -0.39 is 0 Å². The molecule has 1 aliphatic rings. The number of nitrogens with one attached hydrogen (secondary N) is 1. The average molecular weight is 293 g/mol. The van der Waals surface area contributed by atoms with Gasteiger partial charge >= 0.3 is 7.12 Å². The number of hydrogen-bond donors (Lipinski definition) is 1. The lowest BCUT2D eigenvalue weighted by atomic mass is 9.72. The van der Waals surface area contributed by atoms with E-state index in [1.54, 1.807) is 0 Å². The summed E-state index contributed by atoms with van der Waals surface area (Å²) in [5, 5.41) is 3.27. The van der Waals surface area contributed by atoms with E-state index in [-0.39, 0.29) is 7.12 Å². The Labute approximate surface area is 132 Å². The summed E-state index contributed by atoms with van der Waals surface area (Å²) in [6, 6.07) is 20.6. The molecule has 0 aromatic heterocycles. The maximum Gasteiger partial charge on any atom is 0.494 e. The highest BCUT2D eigenvalue weighted by molar-refractivity contribution is 6.69. The van der Waals surface area contributed by atoms with Crippen molar-refractivity contribution in [2.75, 3.05) is 26.3 Å². The molecule has 1 saturated heterocycles. The Morgan fingerprint density at radius 1 is 0.864 bits per heavy atom. The Bertz CT molecular complexity index is 593. The van der Waals surface area contributed by atoms with Gasteiger partial charge in [0.05, 0.1) is 0 Å². The van der Waals surface area contributed by atoms with Gasteiger partial charge in [-0.3, -0.25) is 0 Å². The van der Waals surface area contributed by atoms with Gasteiger partial charge in [-0.2, -0.15) is 0 Å². The van der Waals surface area contributed by atoms with Crippen molar-refractivity contribution in [2.24, 2.45) is 0 Å². The molecule has 0 spiro atoms. The van der Waals surface area contributed by atoms with Gasteiger partial charge in [0.1, 0.15) is 0 Å². The van der Waals surface area contributed by atoms with E-state index >= 15 is 0 Å². The minimum atomic E-state index is -0.329. The van der Waals surface area contributed by atoms with Crippen LogP contribution in [-0.4, -0.2) is 33.4 Å². The van der Waals surface area contributed by atoms with Gasteiger partial charge in [0.25, 0.3) is 0 Å². The molecule has 2 aromatic carbocycles. The molecular weight excluding hydrogens is 273 g/mol. The lowest BCUT2D eigenvalue weighted by molar-refractivity contribution is 0.188. The Kier molecular flexibility index (Phi) is 5.43. The maximum atomic E-state index is 5.92. The van der Waals surface area contributed by atoms with E-state index in [4.69, 9.17) is 9.31 Å². The number of rotatable bonds is 3. The summed E-state index contributed by atoms with van der Waals surface area (Å²) in [7, 11) is -0.329. The van der Waals surface area contributed by atoms with Crippen LogP contribution in [0.1, 0.15) is 11.1 Å². The second-order valence-electron chi connectivity index (χ2n) is 5.20. The quantitative estimate of drug-likeness (QED) is 0.697. The van der Waals surface area contributed by atoms with Crippen molar-refractivity contribution in [3.05, 3.63) is 71.8 Å². The summed E-state index contributed by atoms with van der Waals surface area (Å²) in [6.07, 6.45) is 2.15. The molecule has 1 heterocycles. The first kappa shape index (κ1) is 15.0. The van der Waals surface area contributed by atoms with E-state index in [0.717, 1.165) is 29.7 Å². The first-order valence-corrected chi connectivity index (χ1v) is 7.69. The van der Waals surface area contributed by atoms with Crippen LogP contribution in [-0.2, 0) is 9.31 Å². The zero-order chi connectivity index (χ0) is 15.0. The SMILES string of the molecule is C(=C(/B1OCCNCCO1)c1ccccc1)/c1ccccc1. The highest BCUT2D eigenvalue weighted by Gasteiger charge is 2.26. The lowest BCUT2D eigenvalue weighted by Gasteiger charge is -2.21. The van der Waals surface area contributed by atoms with Crippen LogP contribution >= 0.6 is 0 Å². The molecule has 2 aromatic rings. The highest BCUT2D eigenvalue weighted by Crippen LogP contribution is 2.22. The third-order valence-corrected chi connectivity index (χ3v) is 3.58. The van der Waals surface area contributed by atoms with Crippen molar-refractivity contribution in [1.82, 2.24) is 5.32 Å². The fourth-order valence-corrected chi connectivity index (χ4v) is 2.48. The monoisotopic (exact) mass is 293 g/mol. The molecule has 112 valence electrons. The van der Waals surface area contributed by atoms with Gasteiger partial charge in [-0.15, -0.1) is 0 Å². The molecule has 22 heavy (non-hydrogen) atoms. The van der Waals surface area contributed by atoms with Crippen molar-refractivity contribution in [3.8, 4) is 0 Å². The fourth-order valence-electron chi connectivity index (χ4n) is 2.48. The van der Waals surface area contributed by atoms with Crippen LogP contribution in [0.25, 0.3) is 11.5 Å². The summed E-state index contributed by atoms with van der Waals surface area (Å²) < 4.78 is 11.8. The fraction of sp³-hybridized carbons (Fsp3) is 0.222. The molecule has 1 N–H and O–H groups in total. The minimum Gasteiger partial charge on any atom is -0.406 e. The predicted octanol–water partition coefficient (Wildman–Crippen LogP) is 2.89. The summed E-state index contributed by atoms with van der Waals surface area (Å²) in [5.74, 6) is 0. The van der Waals surface area contributed by atoms with Crippen molar-refractivity contribution < 1.29 is 9.31 Å². The number of benzene rings is 2. The van der Waals surface area contributed by atoms with E-state index in [1.165, 1.54) is 0 Å². The van der Waals surface area contributed by atoms with E-state index in [9.17, 15) is 0 Å². The molecule has 0 radical (unpaired) electrons. The highest BCUT2D eigenvalue weighted by atomic mass is 16.6. The third kappa shape index (κ3) is 4.07. The predicted molar refractivity (Wildman–Crippen MR) is 91.3 cm³/mol. The molecule has 0 bridgehead atoms. The van der Waals surface area contributed by atoms with Gasteiger partial charge in [0, 0.05) is 26.3 Å². The maximum absolute atomic E-state index is 5.92. The van der Waals surface area contributed by atoms with E-state index in [0.29, 0.717) is 13.2 Å². The molecule has 3 rings (SSSR count). The molecule has 0 saturated carbocycles. The third-order valence-electron chi connectivity index (χ3n) is 3.58. The molecule has 0 unspecified atom stereocenters. The summed E-state index contributed by atoms with van der Waals surface area (Å²) >= 11 is 0. The largest absolute Gasteiger partial charge is 0.494 e. The van der Waals surface area contributed by atoms with Crippen LogP contribution < -0.4 is 5.32 Å². The Morgan fingerprint density at radius 3 is 2.09 bits per heavy atom. The topological polar surface area (TPSA) is 30.5 Å². The molecule has 3 nitrogen and oxygen atoms in total. The number of hydrogen-bond acceptors (Lipinski definition) is 3. The second kappa shape index (κ2) is 7.94. The lowest BCUT2D eigenvalue weighted by Crippen LogP contribution is -2.36. The molecule has 0 atom stereocenters. The minimum absolute atomic E-state index is 0.329. The first-order valence-electron chi connectivity index (χ1n) is 7.69. The standard InChI is InChI=1S/C18H20BNO2/c1-3-7-16(8-4-1)15-18(17-9-5-2-6-10-17)19-21-13-11-20-12-14-22-19/h1-10,15,20H,11-14H2/b18-15-.